The Bertz CT molecular complexity index is 512. The van der Waals surface area contributed by atoms with E-state index >= 15 is 0 Å². The fourth-order valence-corrected chi connectivity index (χ4v) is 3.65. The number of aliphatic hydroxyl groups excluding tert-OH is 1. The third kappa shape index (κ3) is 3.22. The zero-order valence-electron chi connectivity index (χ0n) is 12.3. The number of benzene rings is 1. The summed E-state index contributed by atoms with van der Waals surface area (Å²) in [7, 11) is 0. The standard InChI is InChI=1S/C17H21ClFNO/c1-2-4-12-7-9-17(11-20,10-8-12)16(21)15-13(18)5-3-6-14(15)19/h3,5-6,12,16,21H,2,4,7-10H2,1H3. The smallest absolute Gasteiger partial charge is 0.130 e. The number of nitriles is 1. The van der Waals surface area contributed by atoms with Crippen LogP contribution >= 0.6 is 11.6 Å². The first kappa shape index (κ1) is 16.3. The van der Waals surface area contributed by atoms with Crippen LogP contribution < -0.4 is 0 Å². The van der Waals surface area contributed by atoms with E-state index in [0.29, 0.717) is 18.8 Å². The molecule has 1 atom stereocenters. The molecule has 4 heteroatoms. The Kier molecular flexibility index (Phi) is 5.24. The van der Waals surface area contributed by atoms with Crippen molar-refractivity contribution < 1.29 is 9.50 Å². The molecule has 0 amide bonds. The highest BCUT2D eigenvalue weighted by Gasteiger charge is 2.43. The highest BCUT2D eigenvalue weighted by molar-refractivity contribution is 6.31. The third-order valence-electron chi connectivity index (χ3n) is 4.71. The molecular weight excluding hydrogens is 289 g/mol. The molecule has 1 aromatic rings. The molecule has 1 fully saturated rings. The molecule has 0 radical (unpaired) electrons. The van der Waals surface area contributed by atoms with Gasteiger partial charge < -0.3 is 5.11 Å². The van der Waals surface area contributed by atoms with E-state index in [1.165, 1.54) is 12.1 Å². The third-order valence-corrected chi connectivity index (χ3v) is 5.04. The second-order valence-electron chi connectivity index (χ2n) is 6.04. The van der Waals surface area contributed by atoms with Crippen molar-refractivity contribution >= 4 is 11.6 Å². The number of halogens is 2. The lowest BCUT2D eigenvalue weighted by atomic mass is 9.66. The highest BCUT2D eigenvalue weighted by Crippen LogP contribution is 2.49. The van der Waals surface area contributed by atoms with Crippen LogP contribution in [0.15, 0.2) is 18.2 Å². The summed E-state index contributed by atoms with van der Waals surface area (Å²) in [5.41, 5.74) is -0.856. The number of hydrogen-bond acceptors (Lipinski definition) is 2. The van der Waals surface area contributed by atoms with E-state index in [0.717, 1.165) is 25.7 Å². The van der Waals surface area contributed by atoms with Gasteiger partial charge in [-0.1, -0.05) is 37.4 Å². The van der Waals surface area contributed by atoms with Gasteiger partial charge in [-0.25, -0.2) is 4.39 Å². The van der Waals surface area contributed by atoms with Gasteiger partial charge in [-0.2, -0.15) is 5.26 Å². The number of aliphatic hydroxyl groups is 1. The van der Waals surface area contributed by atoms with Gasteiger partial charge in [-0.05, 0) is 43.7 Å². The summed E-state index contributed by atoms with van der Waals surface area (Å²) in [6.07, 6.45) is 4.12. The summed E-state index contributed by atoms with van der Waals surface area (Å²) in [5.74, 6) is 0.0695. The molecule has 2 nitrogen and oxygen atoms in total. The Labute approximate surface area is 130 Å². The Hall–Kier alpha value is -1.11. The molecule has 1 aliphatic carbocycles. The Morgan fingerprint density at radius 3 is 2.67 bits per heavy atom. The molecule has 0 aliphatic heterocycles. The van der Waals surface area contributed by atoms with Crippen LogP contribution in [0.25, 0.3) is 0 Å². The largest absolute Gasteiger partial charge is 0.387 e. The molecule has 0 bridgehead atoms. The summed E-state index contributed by atoms with van der Waals surface area (Å²) >= 11 is 6.03. The van der Waals surface area contributed by atoms with E-state index in [1.54, 1.807) is 6.07 Å². The van der Waals surface area contributed by atoms with E-state index in [1.807, 2.05) is 0 Å². The summed E-state index contributed by atoms with van der Waals surface area (Å²) in [6.45, 7) is 2.15. The molecule has 2 rings (SSSR count). The fourth-order valence-electron chi connectivity index (χ4n) is 3.38. The topological polar surface area (TPSA) is 44.0 Å². The number of nitrogens with zero attached hydrogens (tertiary/aromatic N) is 1. The first-order chi connectivity index (χ1) is 10.0. The molecule has 1 saturated carbocycles. The molecule has 114 valence electrons. The van der Waals surface area contributed by atoms with Gasteiger partial charge in [-0.3, -0.25) is 0 Å². The summed E-state index contributed by atoms with van der Waals surface area (Å²) in [4.78, 5) is 0. The van der Waals surface area contributed by atoms with Crippen LogP contribution in [0, 0.1) is 28.5 Å². The van der Waals surface area contributed by atoms with Crippen LogP contribution in [0.3, 0.4) is 0 Å². The lowest BCUT2D eigenvalue weighted by Crippen LogP contribution is -2.33. The first-order valence-corrected chi connectivity index (χ1v) is 7.95. The van der Waals surface area contributed by atoms with Gasteiger partial charge in [0.2, 0.25) is 0 Å². The quantitative estimate of drug-likeness (QED) is 0.849. The van der Waals surface area contributed by atoms with Crippen molar-refractivity contribution in [2.75, 3.05) is 0 Å². The van der Waals surface area contributed by atoms with Crippen LogP contribution in [0.1, 0.15) is 57.1 Å². The molecular formula is C17H21ClFNO. The zero-order valence-corrected chi connectivity index (χ0v) is 13.0. The minimum absolute atomic E-state index is 0.0645. The number of hydrogen-bond donors (Lipinski definition) is 1. The second kappa shape index (κ2) is 6.77. The molecule has 21 heavy (non-hydrogen) atoms. The number of rotatable bonds is 4. The fraction of sp³-hybridized carbons (Fsp3) is 0.588. The van der Waals surface area contributed by atoms with Crippen molar-refractivity contribution in [2.24, 2.45) is 11.3 Å². The monoisotopic (exact) mass is 309 g/mol. The van der Waals surface area contributed by atoms with Gasteiger partial charge in [0, 0.05) is 10.6 Å². The molecule has 1 aromatic carbocycles. The van der Waals surface area contributed by atoms with Crippen molar-refractivity contribution in [1.29, 1.82) is 5.26 Å². The summed E-state index contributed by atoms with van der Waals surface area (Å²) < 4.78 is 14.0. The van der Waals surface area contributed by atoms with E-state index in [4.69, 9.17) is 11.6 Å². The van der Waals surface area contributed by atoms with Crippen LogP contribution in [0.2, 0.25) is 5.02 Å². The normalized spacial score (nSPS) is 27.1. The molecule has 0 saturated heterocycles. The van der Waals surface area contributed by atoms with E-state index in [9.17, 15) is 14.8 Å². The predicted molar refractivity (Wildman–Crippen MR) is 81.3 cm³/mol. The molecule has 1 aliphatic rings. The van der Waals surface area contributed by atoms with Crippen molar-refractivity contribution in [1.82, 2.24) is 0 Å². The van der Waals surface area contributed by atoms with Crippen LogP contribution in [0.4, 0.5) is 4.39 Å². The maximum absolute atomic E-state index is 14.0. The first-order valence-electron chi connectivity index (χ1n) is 7.57. The van der Waals surface area contributed by atoms with Gasteiger partial charge in [0.1, 0.15) is 11.9 Å². The Morgan fingerprint density at radius 2 is 2.14 bits per heavy atom. The van der Waals surface area contributed by atoms with Gasteiger partial charge in [0.05, 0.1) is 11.5 Å². The van der Waals surface area contributed by atoms with Crippen molar-refractivity contribution in [3.8, 4) is 6.07 Å². The van der Waals surface area contributed by atoms with E-state index in [2.05, 4.69) is 13.0 Å². The van der Waals surface area contributed by atoms with Crippen molar-refractivity contribution in [3.05, 3.63) is 34.6 Å². The predicted octanol–water partition coefficient (Wildman–Crippen LogP) is 5.01. The lowest BCUT2D eigenvalue weighted by molar-refractivity contribution is 0.0214. The average molecular weight is 310 g/mol. The van der Waals surface area contributed by atoms with E-state index in [-0.39, 0.29) is 10.6 Å². The Morgan fingerprint density at radius 1 is 1.48 bits per heavy atom. The molecule has 1 unspecified atom stereocenters. The maximum atomic E-state index is 14.0. The maximum Gasteiger partial charge on any atom is 0.130 e. The minimum Gasteiger partial charge on any atom is -0.387 e. The van der Waals surface area contributed by atoms with Gasteiger partial charge in [-0.15, -0.1) is 0 Å². The van der Waals surface area contributed by atoms with Gasteiger partial charge in [0.15, 0.2) is 0 Å². The van der Waals surface area contributed by atoms with Crippen molar-refractivity contribution in [2.45, 2.75) is 51.6 Å². The molecule has 0 spiro atoms. The van der Waals surface area contributed by atoms with Crippen LogP contribution in [-0.2, 0) is 0 Å². The SMILES string of the molecule is CCCC1CCC(C#N)(C(O)c2c(F)cccc2Cl)CC1. The summed E-state index contributed by atoms with van der Waals surface area (Å²) in [5, 5.41) is 20.4. The molecule has 1 N–H and O–H groups in total. The lowest BCUT2D eigenvalue weighted by Gasteiger charge is -2.38. The van der Waals surface area contributed by atoms with Gasteiger partial charge in [0.25, 0.3) is 0 Å². The summed E-state index contributed by atoms with van der Waals surface area (Å²) in [6, 6.07) is 6.59. The average Bonchev–Trinajstić information content (AvgIpc) is 2.48. The van der Waals surface area contributed by atoms with Crippen molar-refractivity contribution in [3.63, 3.8) is 0 Å². The van der Waals surface area contributed by atoms with Crippen LogP contribution in [-0.4, -0.2) is 5.11 Å². The van der Waals surface area contributed by atoms with Gasteiger partial charge >= 0.3 is 0 Å². The van der Waals surface area contributed by atoms with E-state index < -0.39 is 17.3 Å². The molecule has 0 aromatic heterocycles. The minimum atomic E-state index is -1.17. The highest BCUT2D eigenvalue weighted by atomic mass is 35.5. The second-order valence-corrected chi connectivity index (χ2v) is 6.45. The van der Waals surface area contributed by atoms with Crippen LogP contribution in [0.5, 0.6) is 0 Å². The zero-order chi connectivity index (χ0) is 15.5. The Balaban J connectivity index is 2.24. The molecule has 0 heterocycles.